The molecule has 0 fully saturated rings. The summed E-state index contributed by atoms with van der Waals surface area (Å²) >= 11 is 0. The molecule has 2 heterocycles. The monoisotopic (exact) mass is 308 g/mol. The van der Waals surface area contributed by atoms with Gasteiger partial charge in [0.25, 0.3) is 0 Å². The lowest BCUT2D eigenvalue weighted by Gasteiger charge is -2.09. The van der Waals surface area contributed by atoms with Crippen molar-refractivity contribution in [3.63, 3.8) is 0 Å². The van der Waals surface area contributed by atoms with Crippen molar-refractivity contribution in [1.29, 1.82) is 0 Å². The minimum absolute atomic E-state index is 0.569. The molecule has 5 nitrogen and oxygen atoms in total. The Balaban J connectivity index is 1.56. The average Bonchev–Trinajstić information content (AvgIpc) is 3.07. The molecular weight excluding hydrogens is 288 g/mol. The Morgan fingerprint density at radius 2 is 1.87 bits per heavy atom. The summed E-state index contributed by atoms with van der Waals surface area (Å²) in [6.07, 6.45) is 2.61. The third-order valence-corrected chi connectivity index (χ3v) is 3.42. The predicted octanol–water partition coefficient (Wildman–Crippen LogP) is 3.64. The Kier molecular flexibility index (Phi) is 4.88. The second kappa shape index (κ2) is 7.45. The summed E-state index contributed by atoms with van der Waals surface area (Å²) in [4.78, 5) is 8.88. The maximum Gasteiger partial charge on any atom is 0.225 e. The highest BCUT2D eigenvalue weighted by Gasteiger charge is 2.03. The Labute approximate surface area is 135 Å². The highest BCUT2D eigenvalue weighted by Crippen LogP contribution is 2.11. The normalized spacial score (nSPS) is 10.5. The van der Waals surface area contributed by atoms with Crippen molar-refractivity contribution in [3.05, 3.63) is 71.8 Å². The summed E-state index contributed by atoms with van der Waals surface area (Å²) in [6, 6.07) is 16.1. The Hall–Kier alpha value is -2.82. The SMILES string of the molecule is Cc1cc(NCCc2ccccc2)nc(NCc2ccco2)n1. The van der Waals surface area contributed by atoms with E-state index in [9.17, 15) is 0 Å². The van der Waals surface area contributed by atoms with Crippen LogP contribution in [0.2, 0.25) is 0 Å². The fourth-order valence-corrected chi connectivity index (χ4v) is 2.30. The van der Waals surface area contributed by atoms with Crippen LogP contribution in [0.25, 0.3) is 0 Å². The summed E-state index contributed by atoms with van der Waals surface area (Å²) in [5, 5.41) is 6.53. The van der Waals surface area contributed by atoms with Gasteiger partial charge in [0.1, 0.15) is 11.6 Å². The van der Waals surface area contributed by atoms with Crippen LogP contribution in [0.1, 0.15) is 17.0 Å². The largest absolute Gasteiger partial charge is 0.467 e. The van der Waals surface area contributed by atoms with Gasteiger partial charge in [0.05, 0.1) is 12.8 Å². The zero-order valence-corrected chi connectivity index (χ0v) is 13.1. The summed E-state index contributed by atoms with van der Waals surface area (Å²) in [5.74, 6) is 2.28. The lowest BCUT2D eigenvalue weighted by molar-refractivity contribution is 0.517. The predicted molar refractivity (Wildman–Crippen MR) is 91.4 cm³/mol. The molecule has 0 bridgehead atoms. The Morgan fingerprint density at radius 1 is 1.00 bits per heavy atom. The minimum Gasteiger partial charge on any atom is -0.467 e. The molecule has 0 aliphatic carbocycles. The van der Waals surface area contributed by atoms with Gasteiger partial charge in [-0.2, -0.15) is 4.98 Å². The first-order chi connectivity index (χ1) is 11.3. The van der Waals surface area contributed by atoms with E-state index in [1.807, 2.05) is 31.2 Å². The second-order valence-corrected chi connectivity index (χ2v) is 5.31. The third-order valence-electron chi connectivity index (χ3n) is 3.42. The third kappa shape index (κ3) is 4.57. The zero-order chi connectivity index (χ0) is 15.9. The summed E-state index contributed by atoms with van der Waals surface area (Å²) < 4.78 is 5.30. The van der Waals surface area contributed by atoms with E-state index < -0.39 is 0 Å². The van der Waals surface area contributed by atoms with Crippen LogP contribution in [-0.4, -0.2) is 16.5 Å². The second-order valence-electron chi connectivity index (χ2n) is 5.31. The molecule has 2 aromatic heterocycles. The van der Waals surface area contributed by atoms with E-state index in [1.54, 1.807) is 6.26 Å². The minimum atomic E-state index is 0.569. The van der Waals surface area contributed by atoms with Crippen molar-refractivity contribution >= 4 is 11.8 Å². The molecule has 1 aromatic carbocycles. The number of benzene rings is 1. The first kappa shape index (κ1) is 15.1. The highest BCUT2D eigenvalue weighted by atomic mass is 16.3. The smallest absolute Gasteiger partial charge is 0.225 e. The molecule has 0 spiro atoms. The first-order valence-corrected chi connectivity index (χ1v) is 7.69. The van der Waals surface area contributed by atoms with E-state index >= 15 is 0 Å². The van der Waals surface area contributed by atoms with Gasteiger partial charge in [0.15, 0.2) is 0 Å². The van der Waals surface area contributed by atoms with Crippen molar-refractivity contribution in [2.75, 3.05) is 17.2 Å². The topological polar surface area (TPSA) is 63.0 Å². The number of nitrogens with zero attached hydrogens (tertiary/aromatic N) is 2. The van der Waals surface area contributed by atoms with E-state index in [2.05, 4.69) is 44.9 Å². The molecule has 0 radical (unpaired) electrons. The van der Waals surface area contributed by atoms with Crippen LogP contribution in [-0.2, 0) is 13.0 Å². The molecule has 0 saturated heterocycles. The molecule has 0 amide bonds. The lowest BCUT2D eigenvalue weighted by atomic mass is 10.1. The van der Waals surface area contributed by atoms with Crippen molar-refractivity contribution < 1.29 is 4.42 Å². The van der Waals surface area contributed by atoms with Crippen LogP contribution in [0.5, 0.6) is 0 Å². The summed E-state index contributed by atoms with van der Waals surface area (Å²) in [7, 11) is 0. The number of hydrogen-bond donors (Lipinski definition) is 2. The molecule has 118 valence electrons. The molecule has 0 aliphatic heterocycles. The number of furan rings is 1. The van der Waals surface area contributed by atoms with Gasteiger partial charge in [-0.25, -0.2) is 4.98 Å². The fraction of sp³-hybridized carbons (Fsp3) is 0.222. The van der Waals surface area contributed by atoms with Crippen molar-refractivity contribution in [2.45, 2.75) is 19.9 Å². The highest BCUT2D eigenvalue weighted by molar-refractivity contribution is 5.42. The summed E-state index contributed by atoms with van der Waals surface area (Å²) in [6.45, 7) is 3.36. The van der Waals surface area contributed by atoms with Gasteiger partial charge >= 0.3 is 0 Å². The molecular formula is C18H20N4O. The number of hydrogen-bond acceptors (Lipinski definition) is 5. The van der Waals surface area contributed by atoms with Crippen molar-refractivity contribution in [1.82, 2.24) is 9.97 Å². The summed E-state index contributed by atoms with van der Waals surface area (Å²) in [5.41, 5.74) is 2.23. The van der Waals surface area contributed by atoms with E-state index in [0.29, 0.717) is 12.5 Å². The zero-order valence-electron chi connectivity index (χ0n) is 13.1. The molecule has 0 unspecified atom stereocenters. The maximum absolute atomic E-state index is 5.30. The average molecular weight is 308 g/mol. The van der Waals surface area contributed by atoms with Gasteiger partial charge < -0.3 is 15.1 Å². The van der Waals surface area contributed by atoms with Crippen LogP contribution in [0.4, 0.5) is 11.8 Å². The number of anilines is 2. The quantitative estimate of drug-likeness (QED) is 0.697. The molecule has 0 atom stereocenters. The Bertz CT molecular complexity index is 726. The van der Waals surface area contributed by atoms with Gasteiger partial charge in [-0.15, -0.1) is 0 Å². The van der Waals surface area contributed by atoms with Gasteiger partial charge in [-0.1, -0.05) is 30.3 Å². The molecule has 2 N–H and O–H groups in total. The molecule has 23 heavy (non-hydrogen) atoms. The number of aromatic nitrogens is 2. The van der Waals surface area contributed by atoms with Crippen LogP contribution < -0.4 is 10.6 Å². The lowest BCUT2D eigenvalue weighted by Crippen LogP contribution is -2.10. The maximum atomic E-state index is 5.30. The van der Waals surface area contributed by atoms with E-state index in [4.69, 9.17) is 4.42 Å². The fourth-order valence-electron chi connectivity index (χ4n) is 2.30. The number of aryl methyl sites for hydroxylation is 1. The van der Waals surface area contributed by atoms with Gasteiger partial charge in [0.2, 0.25) is 5.95 Å². The molecule has 3 aromatic rings. The van der Waals surface area contributed by atoms with Crippen LogP contribution in [0.3, 0.4) is 0 Å². The standard InChI is InChI=1S/C18H20N4O/c1-14-12-17(19-10-9-15-6-3-2-4-7-15)22-18(21-14)20-13-16-8-5-11-23-16/h2-8,11-12H,9-10,13H2,1H3,(H2,19,20,21,22). The molecule has 0 saturated carbocycles. The van der Waals surface area contributed by atoms with Gasteiger partial charge in [-0.05, 0) is 31.0 Å². The van der Waals surface area contributed by atoms with Crippen molar-refractivity contribution in [3.8, 4) is 0 Å². The van der Waals surface area contributed by atoms with E-state index in [-0.39, 0.29) is 0 Å². The van der Waals surface area contributed by atoms with Crippen LogP contribution in [0, 0.1) is 6.92 Å². The number of rotatable bonds is 7. The van der Waals surface area contributed by atoms with Crippen LogP contribution >= 0.6 is 0 Å². The van der Waals surface area contributed by atoms with E-state index in [0.717, 1.165) is 30.2 Å². The van der Waals surface area contributed by atoms with E-state index in [1.165, 1.54) is 5.56 Å². The van der Waals surface area contributed by atoms with Crippen LogP contribution in [0.15, 0.2) is 59.2 Å². The molecule has 5 heteroatoms. The van der Waals surface area contributed by atoms with Gasteiger partial charge in [0, 0.05) is 18.3 Å². The number of nitrogens with one attached hydrogen (secondary N) is 2. The molecule has 0 aliphatic rings. The Morgan fingerprint density at radius 3 is 2.65 bits per heavy atom. The van der Waals surface area contributed by atoms with Crippen molar-refractivity contribution in [2.24, 2.45) is 0 Å². The van der Waals surface area contributed by atoms with Gasteiger partial charge in [-0.3, -0.25) is 0 Å². The first-order valence-electron chi connectivity index (χ1n) is 7.69. The molecule has 3 rings (SSSR count).